The minimum absolute atomic E-state index is 0.112. The van der Waals surface area contributed by atoms with Crippen LogP contribution in [0.15, 0.2) is 60.9 Å². The topological polar surface area (TPSA) is 79.8 Å². The number of rotatable bonds is 5. The summed E-state index contributed by atoms with van der Waals surface area (Å²) in [7, 11) is 0. The molecule has 186 valence electrons. The molecule has 1 amide bonds. The number of nitrogens with zero attached hydrogens (tertiary/aromatic N) is 3. The summed E-state index contributed by atoms with van der Waals surface area (Å²) >= 11 is 0. The van der Waals surface area contributed by atoms with Gasteiger partial charge in [-0.05, 0) is 61.2 Å². The second-order valence-corrected chi connectivity index (χ2v) is 9.44. The van der Waals surface area contributed by atoms with E-state index in [0.717, 1.165) is 34.6 Å². The first-order valence-corrected chi connectivity index (χ1v) is 12.0. The van der Waals surface area contributed by atoms with Gasteiger partial charge in [-0.15, -0.1) is 0 Å². The molecule has 2 aromatic carbocycles. The minimum atomic E-state index is -3.23. The van der Waals surface area contributed by atoms with Crippen LogP contribution < -0.4 is 10.6 Å². The van der Waals surface area contributed by atoms with E-state index >= 15 is 0 Å². The number of aromatic nitrogens is 3. The van der Waals surface area contributed by atoms with Gasteiger partial charge in [0.05, 0.1) is 12.7 Å². The van der Waals surface area contributed by atoms with Crippen molar-refractivity contribution >= 4 is 17.4 Å². The van der Waals surface area contributed by atoms with E-state index in [1.807, 2.05) is 31.3 Å². The van der Waals surface area contributed by atoms with Crippen LogP contribution >= 0.6 is 0 Å². The smallest absolute Gasteiger partial charge is 0.291 e. The van der Waals surface area contributed by atoms with Crippen LogP contribution in [0.2, 0.25) is 0 Å². The number of nitrogens with one attached hydrogen (secondary N) is 2. The molecular formula is C28H22F3N5O. The number of anilines is 2. The zero-order valence-electron chi connectivity index (χ0n) is 19.9. The molecule has 0 bridgehead atoms. The second-order valence-electron chi connectivity index (χ2n) is 9.44. The maximum Gasteiger partial charge on any atom is 0.291 e. The summed E-state index contributed by atoms with van der Waals surface area (Å²) in [6, 6.07) is 13.7. The number of carbonyl (C=O) groups is 1. The van der Waals surface area contributed by atoms with Gasteiger partial charge in [-0.1, -0.05) is 18.2 Å². The molecule has 2 aromatic heterocycles. The number of hydrogen-bond acceptors (Lipinski definition) is 5. The Morgan fingerprint density at radius 2 is 1.76 bits per heavy atom. The molecule has 1 aliphatic carbocycles. The third-order valence-electron chi connectivity index (χ3n) is 6.71. The van der Waals surface area contributed by atoms with Crippen LogP contribution in [0.5, 0.6) is 0 Å². The lowest BCUT2D eigenvalue weighted by Crippen LogP contribution is -2.41. The Bertz CT molecular complexity index is 1530. The second kappa shape index (κ2) is 8.69. The Kier molecular flexibility index (Phi) is 5.43. The van der Waals surface area contributed by atoms with E-state index in [-0.39, 0.29) is 22.9 Å². The summed E-state index contributed by atoms with van der Waals surface area (Å²) in [5.74, 6) is -3.83. The lowest BCUT2D eigenvalue weighted by Gasteiger charge is -2.26. The van der Waals surface area contributed by atoms with Gasteiger partial charge in [-0.25, -0.2) is 14.4 Å². The van der Waals surface area contributed by atoms with Crippen molar-refractivity contribution in [3.05, 3.63) is 89.1 Å². The normalized spacial score (nSPS) is 16.2. The first kappa shape index (κ1) is 23.1. The van der Waals surface area contributed by atoms with Crippen molar-refractivity contribution in [2.75, 3.05) is 11.9 Å². The fourth-order valence-corrected chi connectivity index (χ4v) is 4.55. The van der Waals surface area contributed by atoms with Crippen LogP contribution in [-0.2, 0) is 5.92 Å². The van der Waals surface area contributed by atoms with Crippen molar-refractivity contribution in [2.24, 2.45) is 0 Å². The van der Waals surface area contributed by atoms with Gasteiger partial charge in [0.1, 0.15) is 0 Å². The van der Waals surface area contributed by atoms with E-state index in [0.29, 0.717) is 11.5 Å². The molecule has 1 aliphatic heterocycles. The summed E-state index contributed by atoms with van der Waals surface area (Å²) in [4.78, 5) is 25.0. The quantitative estimate of drug-likeness (QED) is 0.345. The van der Waals surface area contributed by atoms with Gasteiger partial charge in [0, 0.05) is 45.7 Å². The first-order valence-electron chi connectivity index (χ1n) is 12.0. The van der Waals surface area contributed by atoms with E-state index in [1.165, 1.54) is 25.0 Å². The molecule has 9 heteroatoms. The SMILES string of the molecule is Cc1cc(-c2ncc(F)c(Nc3ccc4c(c3)C(F)(F)CNC4=O)n2)ccc1-c1ccc(C2CC2)nc1. The summed E-state index contributed by atoms with van der Waals surface area (Å²) in [5, 5.41) is 4.92. The van der Waals surface area contributed by atoms with Crippen molar-refractivity contribution in [3.63, 3.8) is 0 Å². The molecule has 6 nitrogen and oxygen atoms in total. The fraction of sp³-hybridized carbons (Fsp3) is 0.214. The average Bonchev–Trinajstić information content (AvgIpc) is 3.74. The number of fused-ring (bicyclic) bond motifs is 1. The molecule has 1 saturated carbocycles. The number of amides is 1. The van der Waals surface area contributed by atoms with E-state index in [1.54, 1.807) is 0 Å². The standard InChI is InChI=1S/C28H22F3N5O/c1-15-10-17(4-7-20(15)18-5-9-24(32-12-18)16-2-3-16)25-33-13-23(29)26(36-25)35-19-6-8-21-22(11-19)28(30,31)14-34-27(21)37/h4-13,16H,2-3,14H2,1H3,(H,34,37)(H,33,35,36). The maximum atomic E-state index is 14.6. The van der Waals surface area contributed by atoms with E-state index < -0.39 is 29.8 Å². The Labute approximate surface area is 211 Å². The van der Waals surface area contributed by atoms with Crippen LogP contribution in [0, 0.1) is 12.7 Å². The van der Waals surface area contributed by atoms with Crippen molar-refractivity contribution in [2.45, 2.75) is 31.6 Å². The number of carbonyl (C=O) groups excluding carboxylic acids is 1. The van der Waals surface area contributed by atoms with Crippen molar-refractivity contribution < 1.29 is 18.0 Å². The van der Waals surface area contributed by atoms with E-state index in [2.05, 4.69) is 37.7 Å². The van der Waals surface area contributed by atoms with Crippen LogP contribution in [-0.4, -0.2) is 27.4 Å². The third kappa shape index (κ3) is 4.41. The van der Waals surface area contributed by atoms with Gasteiger partial charge < -0.3 is 10.6 Å². The molecule has 0 atom stereocenters. The highest BCUT2D eigenvalue weighted by molar-refractivity contribution is 5.97. The Morgan fingerprint density at radius 3 is 2.49 bits per heavy atom. The number of aryl methyl sites for hydroxylation is 1. The summed E-state index contributed by atoms with van der Waals surface area (Å²) in [5.41, 5.74) is 4.48. The van der Waals surface area contributed by atoms with Gasteiger partial charge >= 0.3 is 0 Å². The number of halogens is 3. The molecule has 2 N–H and O–H groups in total. The lowest BCUT2D eigenvalue weighted by molar-refractivity contribution is -0.00832. The predicted octanol–water partition coefficient (Wildman–Crippen LogP) is 6.11. The fourth-order valence-electron chi connectivity index (χ4n) is 4.55. The van der Waals surface area contributed by atoms with Gasteiger partial charge in [-0.3, -0.25) is 9.78 Å². The zero-order chi connectivity index (χ0) is 25.7. The largest absolute Gasteiger partial charge is 0.346 e. The summed E-state index contributed by atoms with van der Waals surface area (Å²) < 4.78 is 43.3. The molecule has 6 rings (SSSR count). The molecule has 0 saturated heterocycles. The first-order chi connectivity index (χ1) is 17.8. The van der Waals surface area contributed by atoms with Crippen LogP contribution in [0.3, 0.4) is 0 Å². The van der Waals surface area contributed by atoms with Crippen molar-refractivity contribution in [1.82, 2.24) is 20.3 Å². The third-order valence-corrected chi connectivity index (χ3v) is 6.71. The van der Waals surface area contributed by atoms with Gasteiger partial charge in [0.25, 0.3) is 11.8 Å². The average molecular weight is 502 g/mol. The van der Waals surface area contributed by atoms with Gasteiger partial charge in [-0.2, -0.15) is 8.78 Å². The molecule has 0 spiro atoms. The zero-order valence-corrected chi connectivity index (χ0v) is 19.9. The minimum Gasteiger partial charge on any atom is -0.346 e. The van der Waals surface area contributed by atoms with Crippen molar-refractivity contribution in [3.8, 4) is 22.5 Å². The Balaban J connectivity index is 1.28. The van der Waals surface area contributed by atoms with Crippen molar-refractivity contribution in [1.29, 1.82) is 0 Å². The molecular weight excluding hydrogens is 479 g/mol. The molecule has 37 heavy (non-hydrogen) atoms. The Hall–Kier alpha value is -4.27. The molecule has 3 heterocycles. The molecule has 1 fully saturated rings. The number of hydrogen-bond donors (Lipinski definition) is 2. The molecule has 4 aromatic rings. The van der Waals surface area contributed by atoms with Gasteiger partial charge in [0.2, 0.25) is 0 Å². The Morgan fingerprint density at radius 1 is 0.973 bits per heavy atom. The maximum absolute atomic E-state index is 14.6. The van der Waals surface area contributed by atoms with Crippen LogP contribution in [0.1, 0.15) is 45.9 Å². The molecule has 0 radical (unpaired) electrons. The van der Waals surface area contributed by atoms with E-state index in [9.17, 15) is 18.0 Å². The highest BCUT2D eigenvalue weighted by atomic mass is 19.3. The molecule has 2 aliphatic rings. The number of alkyl halides is 2. The van der Waals surface area contributed by atoms with Crippen LogP contribution in [0.25, 0.3) is 22.5 Å². The lowest BCUT2D eigenvalue weighted by atomic mass is 9.96. The monoisotopic (exact) mass is 501 g/mol. The summed E-state index contributed by atoms with van der Waals surface area (Å²) in [6.45, 7) is 1.18. The van der Waals surface area contributed by atoms with E-state index in [4.69, 9.17) is 0 Å². The van der Waals surface area contributed by atoms with Gasteiger partial charge in [0.15, 0.2) is 17.5 Å². The van der Waals surface area contributed by atoms with Crippen LogP contribution in [0.4, 0.5) is 24.7 Å². The number of pyridine rings is 1. The number of benzene rings is 2. The highest BCUT2D eigenvalue weighted by Gasteiger charge is 2.40. The predicted molar refractivity (Wildman–Crippen MR) is 133 cm³/mol. The molecule has 0 unspecified atom stereocenters. The highest BCUT2D eigenvalue weighted by Crippen LogP contribution is 2.39. The summed E-state index contributed by atoms with van der Waals surface area (Å²) in [6.07, 6.45) is 5.32.